The van der Waals surface area contributed by atoms with Gasteiger partial charge in [0.15, 0.2) is 0 Å². The molecule has 1 heterocycles. The van der Waals surface area contributed by atoms with Crippen LogP contribution in [-0.2, 0) is 4.79 Å². The van der Waals surface area contributed by atoms with E-state index in [9.17, 15) is 4.79 Å². The molecule has 17 heavy (non-hydrogen) atoms. The Hall–Kier alpha value is -0.830. The van der Waals surface area contributed by atoms with Gasteiger partial charge in [-0.05, 0) is 32.1 Å². The normalized spacial score (nSPS) is 22.4. The minimum Gasteiger partial charge on any atom is -0.340 e. The molecule has 0 spiro atoms. The molecule has 0 N–H and O–H groups in total. The predicted molar refractivity (Wildman–Crippen MR) is 69.9 cm³/mol. The zero-order valence-corrected chi connectivity index (χ0v) is 11.0. The fourth-order valence-corrected chi connectivity index (χ4v) is 2.72. The quantitative estimate of drug-likeness (QED) is 0.700. The van der Waals surface area contributed by atoms with Crippen molar-refractivity contribution in [3.05, 3.63) is 11.6 Å². The number of hydrogen-bond acceptors (Lipinski definition) is 2. The van der Waals surface area contributed by atoms with Crippen molar-refractivity contribution in [3.63, 3.8) is 0 Å². The van der Waals surface area contributed by atoms with Crippen molar-refractivity contribution in [2.45, 2.75) is 39.0 Å². The highest BCUT2D eigenvalue weighted by molar-refractivity contribution is 5.73. The standard InChI is InChI=1S/C14H24N2O/c1-13(17)16-11-9-15(10-12-16)8-7-14-5-3-2-4-6-14/h5H,2-4,6-12H2,1H3. The maximum atomic E-state index is 11.2. The SMILES string of the molecule is CC(=O)N1CCN(CCC2=CCCCC2)CC1. The van der Waals surface area contributed by atoms with Crippen LogP contribution in [0.4, 0.5) is 0 Å². The lowest BCUT2D eigenvalue weighted by molar-refractivity contribution is -0.130. The summed E-state index contributed by atoms with van der Waals surface area (Å²) < 4.78 is 0. The van der Waals surface area contributed by atoms with E-state index in [0.717, 1.165) is 26.2 Å². The van der Waals surface area contributed by atoms with E-state index in [2.05, 4.69) is 11.0 Å². The number of hydrogen-bond donors (Lipinski definition) is 0. The van der Waals surface area contributed by atoms with E-state index in [0.29, 0.717) is 0 Å². The van der Waals surface area contributed by atoms with E-state index >= 15 is 0 Å². The number of carbonyl (C=O) groups excluding carboxylic acids is 1. The fourth-order valence-electron chi connectivity index (χ4n) is 2.72. The van der Waals surface area contributed by atoms with Gasteiger partial charge in [0.2, 0.25) is 5.91 Å². The number of amides is 1. The van der Waals surface area contributed by atoms with Gasteiger partial charge in [-0.3, -0.25) is 9.69 Å². The van der Waals surface area contributed by atoms with E-state index in [1.165, 1.54) is 38.6 Å². The lowest BCUT2D eigenvalue weighted by atomic mass is 9.97. The van der Waals surface area contributed by atoms with Crippen LogP contribution in [0.25, 0.3) is 0 Å². The highest BCUT2D eigenvalue weighted by Gasteiger charge is 2.18. The van der Waals surface area contributed by atoms with Crippen LogP contribution < -0.4 is 0 Å². The van der Waals surface area contributed by atoms with Gasteiger partial charge in [-0.1, -0.05) is 11.6 Å². The second-order valence-corrected chi connectivity index (χ2v) is 5.21. The molecule has 1 saturated heterocycles. The van der Waals surface area contributed by atoms with Gasteiger partial charge in [-0.2, -0.15) is 0 Å². The Morgan fingerprint density at radius 1 is 1.24 bits per heavy atom. The van der Waals surface area contributed by atoms with Crippen LogP contribution >= 0.6 is 0 Å². The molecular formula is C14H24N2O. The van der Waals surface area contributed by atoms with E-state index in [1.54, 1.807) is 12.5 Å². The molecule has 1 aliphatic carbocycles. The Bertz CT molecular complexity index is 291. The molecule has 0 saturated carbocycles. The summed E-state index contributed by atoms with van der Waals surface area (Å²) in [4.78, 5) is 15.7. The average Bonchev–Trinajstić information content (AvgIpc) is 2.38. The molecule has 2 rings (SSSR count). The molecule has 0 atom stereocenters. The molecule has 0 aromatic carbocycles. The van der Waals surface area contributed by atoms with Crippen molar-refractivity contribution in [1.29, 1.82) is 0 Å². The number of nitrogens with zero attached hydrogens (tertiary/aromatic N) is 2. The van der Waals surface area contributed by atoms with Crippen LogP contribution in [0, 0.1) is 0 Å². The van der Waals surface area contributed by atoms with Gasteiger partial charge in [0.1, 0.15) is 0 Å². The molecule has 1 aliphatic heterocycles. The maximum Gasteiger partial charge on any atom is 0.219 e. The summed E-state index contributed by atoms with van der Waals surface area (Å²) in [5.41, 5.74) is 1.66. The molecule has 0 aromatic heterocycles. The van der Waals surface area contributed by atoms with E-state index in [-0.39, 0.29) is 5.91 Å². The van der Waals surface area contributed by atoms with Gasteiger partial charge in [-0.15, -0.1) is 0 Å². The highest BCUT2D eigenvalue weighted by atomic mass is 16.2. The molecule has 3 heteroatoms. The van der Waals surface area contributed by atoms with Crippen molar-refractivity contribution in [2.24, 2.45) is 0 Å². The zero-order valence-electron chi connectivity index (χ0n) is 11.0. The second-order valence-electron chi connectivity index (χ2n) is 5.21. The summed E-state index contributed by atoms with van der Waals surface area (Å²) in [5, 5.41) is 0. The Labute approximate surface area is 104 Å². The summed E-state index contributed by atoms with van der Waals surface area (Å²) in [6.45, 7) is 6.77. The molecule has 1 amide bonds. The van der Waals surface area contributed by atoms with Crippen LogP contribution in [-0.4, -0.2) is 48.4 Å². The molecule has 0 bridgehead atoms. The zero-order chi connectivity index (χ0) is 12.1. The Balaban J connectivity index is 1.67. The maximum absolute atomic E-state index is 11.2. The molecule has 96 valence electrons. The minimum absolute atomic E-state index is 0.222. The molecule has 3 nitrogen and oxygen atoms in total. The van der Waals surface area contributed by atoms with Crippen LogP contribution in [0.1, 0.15) is 39.0 Å². The highest BCUT2D eigenvalue weighted by Crippen LogP contribution is 2.20. The van der Waals surface area contributed by atoms with Crippen molar-refractivity contribution < 1.29 is 4.79 Å². The smallest absolute Gasteiger partial charge is 0.219 e. The predicted octanol–water partition coefficient (Wildman–Crippen LogP) is 2.04. The van der Waals surface area contributed by atoms with E-state index in [4.69, 9.17) is 0 Å². The molecule has 0 aromatic rings. The van der Waals surface area contributed by atoms with Crippen molar-refractivity contribution in [2.75, 3.05) is 32.7 Å². The minimum atomic E-state index is 0.222. The first kappa shape index (κ1) is 12.6. The fraction of sp³-hybridized carbons (Fsp3) is 0.786. The summed E-state index contributed by atoms with van der Waals surface area (Å²) in [7, 11) is 0. The number of allylic oxidation sites excluding steroid dienone is 1. The van der Waals surface area contributed by atoms with Crippen molar-refractivity contribution in [1.82, 2.24) is 9.80 Å². The van der Waals surface area contributed by atoms with Crippen LogP contribution in [0.15, 0.2) is 11.6 Å². The van der Waals surface area contributed by atoms with Crippen molar-refractivity contribution in [3.8, 4) is 0 Å². The third-order valence-corrected chi connectivity index (χ3v) is 3.95. The molecule has 1 fully saturated rings. The average molecular weight is 236 g/mol. The van der Waals surface area contributed by atoms with Crippen molar-refractivity contribution >= 4 is 5.91 Å². The molecule has 0 unspecified atom stereocenters. The Morgan fingerprint density at radius 2 is 2.00 bits per heavy atom. The van der Waals surface area contributed by atoms with Gasteiger partial charge >= 0.3 is 0 Å². The summed E-state index contributed by atoms with van der Waals surface area (Å²) in [6.07, 6.45) is 9.03. The summed E-state index contributed by atoms with van der Waals surface area (Å²) in [6, 6.07) is 0. The monoisotopic (exact) mass is 236 g/mol. The van der Waals surface area contributed by atoms with Gasteiger partial charge in [-0.25, -0.2) is 0 Å². The van der Waals surface area contributed by atoms with E-state index in [1.807, 2.05) is 4.90 Å². The Morgan fingerprint density at radius 3 is 2.59 bits per heavy atom. The lowest BCUT2D eigenvalue weighted by Crippen LogP contribution is -2.48. The van der Waals surface area contributed by atoms with Crippen LogP contribution in [0.2, 0.25) is 0 Å². The van der Waals surface area contributed by atoms with Gasteiger partial charge in [0, 0.05) is 39.6 Å². The second kappa shape index (κ2) is 6.20. The third kappa shape index (κ3) is 3.84. The summed E-state index contributed by atoms with van der Waals surface area (Å²) >= 11 is 0. The van der Waals surface area contributed by atoms with Crippen LogP contribution in [0.3, 0.4) is 0 Å². The van der Waals surface area contributed by atoms with Gasteiger partial charge in [0.25, 0.3) is 0 Å². The van der Waals surface area contributed by atoms with Gasteiger partial charge in [0.05, 0.1) is 0 Å². The topological polar surface area (TPSA) is 23.6 Å². The first-order valence-corrected chi connectivity index (χ1v) is 6.91. The third-order valence-electron chi connectivity index (χ3n) is 3.95. The number of carbonyl (C=O) groups is 1. The van der Waals surface area contributed by atoms with Gasteiger partial charge < -0.3 is 4.90 Å². The van der Waals surface area contributed by atoms with Crippen LogP contribution in [0.5, 0.6) is 0 Å². The number of rotatable bonds is 3. The van der Waals surface area contributed by atoms with E-state index < -0.39 is 0 Å². The molecule has 2 aliphatic rings. The first-order valence-electron chi connectivity index (χ1n) is 6.91. The molecule has 0 radical (unpaired) electrons. The largest absolute Gasteiger partial charge is 0.340 e. The first-order chi connectivity index (χ1) is 8.25. The lowest BCUT2D eigenvalue weighted by Gasteiger charge is -2.34. The summed E-state index contributed by atoms with van der Waals surface area (Å²) in [5.74, 6) is 0.222. The molecular weight excluding hydrogens is 212 g/mol. The number of piperazine rings is 1. The Kier molecular flexibility index (Phi) is 4.60.